The molecule has 0 aromatic carbocycles. The van der Waals surface area contributed by atoms with E-state index < -0.39 is 0 Å². The Morgan fingerprint density at radius 2 is 2.21 bits per heavy atom. The van der Waals surface area contributed by atoms with Gasteiger partial charge in [0, 0.05) is 12.6 Å². The highest BCUT2D eigenvalue weighted by Crippen LogP contribution is 2.25. The zero-order valence-electron chi connectivity index (χ0n) is 10.00. The number of nitrogens with one attached hydrogen (secondary N) is 1. The summed E-state index contributed by atoms with van der Waals surface area (Å²) in [6, 6.07) is 5.30. The minimum atomic E-state index is -0.342. The van der Waals surface area contributed by atoms with E-state index in [1.165, 1.54) is 0 Å². The lowest BCUT2D eigenvalue weighted by atomic mass is 9.92. The second kappa shape index (κ2) is 4.31. The van der Waals surface area contributed by atoms with E-state index in [0.717, 1.165) is 11.1 Å². The van der Waals surface area contributed by atoms with Crippen molar-refractivity contribution in [3.05, 3.63) is 35.7 Å². The molecule has 1 fully saturated rings. The molecule has 6 heteroatoms. The van der Waals surface area contributed by atoms with Crippen LogP contribution in [-0.2, 0) is 9.59 Å². The van der Waals surface area contributed by atoms with Crippen molar-refractivity contribution in [1.29, 1.82) is 0 Å². The number of aromatic nitrogens is 2. The van der Waals surface area contributed by atoms with Crippen LogP contribution in [0.1, 0.15) is 34.8 Å². The molecule has 0 spiro atoms. The fraction of sp³-hybridized carbons (Fsp3) is 0.231. The highest BCUT2D eigenvalue weighted by atomic mass is 16.2. The summed E-state index contributed by atoms with van der Waals surface area (Å²) in [7, 11) is 0. The Hall–Kier alpha value is -2.50. The topological polar surface area (TPSA) is 80.5 Å². The third kappa shape index (κ3) is 2.01. The second-order valence-electron chi connectivity index (χ2n) is 4.52. The summed E-state index contributed by atoms with van der Waals surface area (Å²) in [4.78, 5) is 33.6. The molecule has 1 atom stereocenters. The number of pyridine rings is 1. The predicted octanol–water partition coefficient (Wildman–Crippen LogP) is 0.667. The molecule has 0 radical (unpaired) electrons. The van der Waals surface area contributed by atoms with E-state index in [0.29, 0.717) is 24.8 Å². The molecule has 1 saturated heterocycles. The normalized spacial score (nSPS) is 19.5. The SMILES string of the molecule is O=Cc1cc2ccc(C3CCC(=O)NC3=O)cn2n1. The van der Waals surface area contributed by atoms with Crippen LogP contribution < -0.4 is 5.32 Å². The summed E-state index contributed by atoms with van der Waals surface area (Å²) < 4.78 is 1.57. The van der Waals surface area contributed by atoms with Gasteiger partial charge in [-0.25, -0.2) is 4.52 Å². The van der Waals surface area contributed by atoms with E-state index in [2.05, 4.69) is 10.4 Å². The molecule has 0 aliphatic carbocycles. The maximum absolute atomic E-state index is 11.8. The molecule has 6 nitrogen and oxygen atoms in total. The maximum atomic E-state index is 11.8. The summed E-state index contributed by atoms with van der Waals surface area (Å²) in [5.74, 6) is -0.853. The average Bonchev–Trinajstić information content (AvgIpc) is 2.80. The largest absolute Gasteiger partial charge is 0.296 e. The first kappa shape index (κ1) is 11.6. The van der Waals surface area contributed by atoms with Crippen molar-refractivity contribution in [2.45, 2.75) is 18.8 Å². The molecule has 0 saturated carbocycles. The number of aldehydes is 1. The Morgan fingerprint density at radius 1 is 1.37 bits per heavy atom. The quantitative estimate of drug-likeness (QED) is 0.633. The van der Waals surface area contributed by atoms with Gasteiger partial charge in [-0.3, -0.25) is 19.7 Å². The van der Waals surface area contributed by atoms with Crippen LogP contribution in [0.15, 0.2) is 24.4 Å². The number of imide groups is 1. The molecular formula is C13H11N3O3. The van der Waals surface area contributed by atoms with Crippen molar-refractivity contribution in [3.8, 4) is 0 Å². The zero-order valence-corrected chi connectivity index (χ0v) is 10.00. The van der Waals surface area contributed by atoms with Gasteiger partial charge >= 0.3 is 0 Å². The van der Waals surface area contributed by atoms with Crippen molar-refractivity contribution in [2.24, 2.45) is 0 Å². The van der Waals surface area contributed by atoms with E-state index in [4.69, 9.17) is 0 Å². The van der Waals surface area contributed by atoms with Crippen molar-refractivity contribution < 1.29 is 14.4 Å². The van der Waals surface area contributed by atoms with Gasteiger partial charge in [0.05, 0.1) is 11.4 Å². The number of amides is 2. The van der Waals surface area contributed by atoms with E-state index >= 15 is 0 Å². The Morgan fingerprint density at radius 3 is 2.95 bits per heavy atom. The average molecular weight is 257 g/mol. The maximum Gasteiger partial charge on any atom is 0.234 e. The van der Waals surface area contributed by atoms with E-state index in [9.17, 15) is 14.4 Å². The zero-order chi connectivity index (χ0) is 13.4. The summed E-state index contributed by atoms with van der Waals surface area (Å²) in [5.41, 5.74) is 1.93. The van der Waals surface area contributed by atoms with Crippen LogP contribution in [0.3, 0.4) is 0 Å². The molecule has 3 rings (SSSR count). The van der Waals surface area contributed by atoms with Gasteiger partial charge in [-0.2, -0.15) is 5.10 Å². The lowest BCUT2D eigenvalue weighted by molar-refractivity contribution is -0.134. The van der Waals surface area contributed by atoms with Crippen LogP contribution in [0.25, 0.3) is 5.52 Å². The third-order valence-corrected chi connectivity index (χ3v) is 3.26. The fourth-order valence-electron chi connectivity index (χ4n) is 2.30. The van der Waals surface area contributed by atoms with Crippen molar-refractivity contribution in [2.75, 3.05) is 0 Å². The lowest BCUT2D eigenvalue weighted by Gasteiger charge is -2.20. The first-order chi connectivity index (χ1) is 9.17. The highest BCUT2D eigenvalue weighted by molar-refractivity contribution is 6.00. The number of fused-ring (bicyclic) bond motifs is 1. The van der Waals surface area contributed by atoms with Crippen LogP contribution in [-0.4, -0.2) is 27.7 Å². The van der Waals surface area contributed by atoms with E-state index in [-0.39, 0.29) is 17.7 Å². The Bertz CT molecular complexity index is 689. The molecular weight excluding hydrogens is 246 g/mol. The molecule has 2 aromatic heterocycles. The highest BCUT2D eigenvalue weighted by Gasteiger charge is 2.28. The van der Waals surface area contributed by atoms with Gasteiger partial charge in [-0.1, -0.05) is 6.07 Å². The number of carbonyl (C=O) groups excluding carboxylic acids is 3. The van der Waals surface area contributed by atoms with E-state index in [1.807, 2.05) is 6.07 Å². The number of carbonyl (C=O) groups is 3. The molecule has 3 heterocycles. The Kier molecular flexibility index (Phi) is 2.63. The third-order valence-electron chi connectivity index (χ3n) is 3.26. The molecule has 1 aliphatic rings. The number of rotatable bonds is 2. The van der Waals surface area contributed by atoms with Gasteiger partial charge < -0.3 is 0 Å². The van der Waals surface area contributed by atoms with Gasteiger partial charge in [0.1, 0.15) is 5.69 Å². The lowest BCUT2D eigenvalue weighted by Crippen LogP contribution is -2.39. The summed E-state index contributed by atoms with van der Waals surface area (Å²) in [5, 5.41) is 6.41. The molecule has 2 aromatic rings. The van der Waals surface area contributed by atoms with Crippen LogP contribution in [0, 0.1) is 0 Å². The van der Waals surface area contributed by atoms with Gasteiger partial charge in [-0.15, -0.1) is 0 Å². The predicted molar refractivity (Wildman–Crippen MR) is 65.7 cm³/mol. The van der Waals surface area contributed by atoms with Gasteiger partial charge in [-0.05, 0) is 24.1 Å². The fourth-order valence-corrected chi connectivity index (χ4v) is 2.30. The van der Waals surface area contributed by atoms with Gasteiger partial charge in [0.2, 0.25) is 11.8 Å². The molecule has 96 valence electrons. The molecule has 0 bridgehead atoms. The smallest absolute Gasteiger partial charge is 0.234 e. The number of hydrogen-bond acceptors (Lipinski definition) is 4. The van der Waals surface area contributed by atoms with Crippen LogP contribution >= 0.6 is 0 Å². The minimum absolute atomic E-state index is 0.232. The van der Waals surface area contributed by atoms with Gasteiger partial charge in [0.15, 0.2) is 6.29 Å². The van der Waals surface area contributed by atoms with Crippen molar-refractivity contribution in [1.82, 2.24) is 14.9 Å². The van der Waals surface area contributed by atoms with E-state index in [1.54, 1.807) is 22.8 Å². The first-order valence-electron chi connectivity index (χ1n) is 5.95. The molecule has 2 amide bonds. The van der Waals surface area contributed by atoms with Gasteiger partial charge in [0.25, 0.3) is 0 Å². The molecule has 1 N–H and O–H groups in total. The summed E-state index contributed by atoms with van der Waals surface area (Å²) >= 11 is 0. The van der Waals surface area contributed by atoms with Crippen LogP contribution in [0.5, 0.6) is 0 Å². The molecule has 19 heavy (non-hydrogen) atoms. The number of piperidine rings is 1. The van der Waals surface area contributed by atoms with Crippen molar-refractivity contribution >= 4 is 23.6 Å². The second-order valence-corrected chi connectivity index (χ2v) is 4.52. The Labute approximate surface area is 108 Å². The minimum Gasteiger partial charge on any atom is -0.296 e. The van der Waals surface area contributed by atoms with Crippen LogP contribution in [0.4, 0.5) is 0 Å². The summed E-state index contributed by atoms with van der Waals surface area (Å²) in [6.07, 6.45) is 3.24. The number of hydrogen-bond donors (Lipinski definition) is 1. The molecule has 1 aliphatic heterocycles. The monoisotopic (exact) mass is 257 g/mol. The summed E-state index contributed by atoms with van der Waals surface area (Å²) in [6.45, 7) is 0. The number of nitrogens with zero attached hydrogens (tertiary/aromatic N) is 2. The van der Waals surface area contributed by atoms with Crippen molar-refractivity contribution in [3.63, 3.8) is 0 Å². The van der Waals surface area contributed by atoms with Crippen LogP contribution in [0.2, 0.25) is 0 Å². The standard InChI is InChI=1S/C13H11N3O3/c17-7-9-5-10-2-1-8(6-16(10)15-9)11-3-4-12(18)14-13(11)19/h1-2,5-7,11H,3-4H2,(H,14,18,19). The first-order valence-corrected chi connectivity index (χ1v) is 5.95. The molecule has 1 unspecified atom stereocenters. The Balaban J connectivity index is 1.98.